The molecule has 7 heteroatoms. The highest BCUT2D eigenvalue weighted by molar-refractivity contribution is 7.22. The van der Waals surface area contributed by atoms with E-state index in [1.165, 1.54) is 23.2 Å². The molecule has 0 saturated carbocycles. The lowest BCUT2D eigenvalue weighted by molar-refractivity contribution is -0.858. The smallest absolute Gasteiger partial charge is 0.260 e. The first kappa shape index (κ1) is 21.0. The number of quaternary nitrogens is 1. The maximum absolute atomic E-state index is 13.3. The average Bonchev–Trinajstić information content (AvgIpc) is 3.14. The number of carbonyl (C=O) groups excluding carboxylic acids is 2. The number of aromatic nitrogens is 1. The summed E-state index contributed by atoms with van der Waals surface area (Å²) in [6, 6.07) is 12.6. The quantitative estimate of drug-likeness (QED) is 0.578. The number of hydrogen-bond donors (Lipinski definition) is 1. The molecule has 0 saturated heterocycles. The lowest BCUT2D eigenvalue weighted by atomic mass is 10.1. The molecule has 1 heterocycles. The SMILES string of the molecule is COc1cccc2sc(N(CCC[NH+](C)C)C(=O)c3ccc(C(C)=O)cc3)nc12. The van der Waals surface area contributed by atoms with Crippen molar-refractivity contribution >= 4 is 38.4 Å². The summed E-state index contributed by atoms with van der Waals surface area (Å²) in [6.45, 7) is 3.03. The molecule has 0 fully saturated rings. The number of Topliss-reactive ketones (excluding diaryl/α,β-unsaturated/α-hetero) is 1. The zero-order chi connectivity index (χ0) is 21.0. The first-order valence-corrected chi connectivity index (χ1v) is 10.4. The topological polar surface area (TPSA) is 63.9 Å². The number of fused-ring (bicyclic) bond motifs is 1. The van der Waals surface area contributed by atoms with Crippen LogP contribution in [0.5, 0.6) is 5.75 Å². The first-order chi connectivity index (χ1) is 13.9. The van der Waals surface area contributed by atoms with Crippen LogP contribution >= 0.6 is 11.3 Å². The lowest BCUT2D eigenvalue weighted by Gasteiger charge is -2.20. The molecule has 0 spiro atoms. The molecule has 0 unspecified atom stereocenters. The van der Waals surface area contributed by atoms with E-state index in [2.05, 4.69) is 14.1 Å². The van der Waals surface area contributed by atoms with Gasteiger partial charge in [0, 0.05) is 24.1 Å². The van der Waals surface area contributed by atoms with Crippen LogP contribution < -0.4 is 14.5 Å². The Balaban J connectivity index is 1.95. The molecule has 0 radical (unpaired) electrons. The van der Waals surface area contributed by atoms with Crippen LogP contribution in [0.25, 0.3) is 10.2 Å². The van der Waals surface area contributed by atoms with E-state index in [-0.39, 0.29) is 11.7 Å². The van der Waals surface area contributed by atoms with E-state index in [4.69, 9.17) is 9.72 Å². The van der Waals surface area contributed by atoms with Gasteiger partial charge in [0.1, 0.15) is 11.3 Å². The van der Waals surface area contributed by atoms with E-state index in [1.807, 2.05) is 18.2 Å². The van der Waals surface area contributed by atoms with Crippen molar-refractivity contribution in [2.24, 2.45) is 0 Å². The lowest BCUT2D eigenvalue weighted by Crippen LogP contribution is -3.05. The van der Waals surface area contributed by atoms with E-state index in [0.717, 1.165) is 23.2 Å². The Labute approximate surface area is 174 Å². The van der Waals surface area contributed by atoms with E-state index < -0.39 is 0 Å². The average molecular weight is 413 g/mol. The summed E-state index contributed by atoms with van der Waals surface area (Å²) in [5, 5.41) is 0.652. The molecular formula is C22H26N3O3S+. The fourth-order valence-corrected chi connectivity index (χ4v) is 4.08. The van der Waals surface area contributed by atoms with Crippen molar-refractivity contribution in [1.82, 2.24) is 4.98 Å². The number of anilines is 1. The monoisotopic (exact) mass is 412 g/mol. The second kappa shape index (κ2) is 9.15. The Hall–Kier alpha value is -2.77. The van der Waals surface area contributed by atoms with E-state index in [0.29, 0.717) is 28.6 Å². The molecule has 1 amide bonds. The Morgan fingerprint density at radius 2 is 1.79 bits per heavy atom. The molecule has 1 N–H and O–H groups in total. The summed E-state index contributed by atoms with van der Waals surface area (Å²) >= 11 is 1.48. The van der Waals surface area contributed by atoms with E-state index in [9.17, 15) is 9.59 Å². The zero-order valence-electron chi connectivity index (χ0n) is 17.2. The molecule has 2 aromatic carbocycles. The number of ketones is 1. The number of para-hydroxylation sites is 1. The van der Waals surface area contributed by atoms with Crippen molar-refractivity contribution in [1.29, 1.82) is 0 Å². The van der Waals surface area contributed by atoms with Crippen molar-refractivity contribution in [2.75, 3.05) is 39.2 Å². The number of rotatable bonds is 8. The molecule has 0 aliphatic rings. The van der Waals surface area contributed by atoms with Crippen molar-refractivity contribution in [3.05, 3.63) is 53.6 Å². The predicted octanol–water partition coefficient (Wildman–Crippen LogP) is 2.69. The molecule has 6 nitrogen and oxygen atoms in total. The highest BCUT2D eigenvalue weighted by atomic mass is 32.1. The molecule has 1 aromatic heterocycles. The van der Waals surface area contributed by atoms with E-state index in [1.54, 1.807) is 36.3 Å². The van der Waals surface area contributed by atoms with Crippen molar-refractivity contribution < 1.29 is 19.2 Å². The third kappa shape index (κ3) is 4.81. The van der Waals surface area contributed by atoms with Gasteiger partial charge in [-0.1, -0.05) is 29.5 Å². The normalized spacial score (nSPS) is 11.1. The molecule has 0 bridgehead atoms. The summed E-state index contributed by atoms with van der Waals surface area (Å²) < 4.78 is 6.39. The Bertz CT molecular complexity index is 1010. The second-order valence-corrected chi connectivity index (χ2v) is 8.21. The molecule has 0 aliphatic carbocycles. The minimum Gasteiger partial charge on any atom is -0.494 e. The predicted molar refractivity (Wildman–Crippen MR) is 117 cm³/mol. The summed E-state index contributed by atoms with van der Waals surface area (Å²) in [5.74, 6) is 0.556. The van der Waals surface area contributed by atoms with Crippen LogP contribution in [0, 0.1) is 0 Å². The molecule has 3 rings (SSSR count). The van der Waals surface area contributed by atoms with Gasteiger partial charge in [-0.3, -0.25) is 14.5 Å². The van der Waals surface area contributed by atoms with Crippen LogP contribution in [0.4, 0.5) is 5.13 Å². The molecule has 3 aromatic rings. The van der Waals surface area contributed by atoms with Crippen molar-refractivity contribution in [3.8, 4) is 5.75 Å². The maximum Gasteiger partial charge on any atom is 0.260 e. The van der Waals surface area contributed by atoms with Gasteiger partial charge < -0.3 is 9.64 Å². The van der Waals surface area contributed by atoms with Gasteiger partial charge in [-0.2, -0.15) is 0 Å². The number of nitrogens with one attached hydrogen (secondary N) is 1. The highest BCUT2D eigenvalue weighted by Crippen LogP contribution is 2.34. The third-order valence-electron chi connectivity index (χ3n) is 4.66. The summed E-state index contributed by atoms with van der Waals surface area (Å²) in [6.07, 6.45) is 0.854. The first-order valence-electron chi connectivity index (χ1n) is 9.56. The standard InChI is InChI=1S/C22H25N3O3S/c1-15(26)16-9-11-17(12-10-16)21(27)25(14-6-13-24(2)3)22-23-20-18(28-4)7-5-8-19(20)29-22/h5,7-12H,6,13-14H2,1-4H3/p+1. The molecule has 0 aliphatic heterocycles. The van der Waals surface area contributed by atoms with Crippen LogP contribution in [-0.2, 0) is 0 Å². The Kier molecular flexibility index (Phi) is 6.61. The van der Waals surface area contributed by atoms with Crippen molar-refractivity contribution in [2.45, 2.75) is 13.3 Å². The fourth-order valence-electron chi connectivity index (χ4n) is 3.07. The number of carbonyl (C=O) groups is 2. The van der Waals surface area contributed by atoms with Gasteiger partial charge in [-0.25, -0.2) is 4.98 Å². The summed E-state index contributed by atoms with van der Waals surface area (Å²) in [5.41, 5.74) is 1.89. The van der Waals surface area contributed by atoms with Gasteiger partial charge in [0.05, 0.1) is 32.4 Å². The van der Waals surface area contributed by atoms with Gasteiger partial charge in [-0.05, 0) is 31.2 Å². The number of hydrogen-bond acceptors (Lipinski definition) is 5. The van der Waals surface area contributed by atoms with Crippen LogP contribution in [0.3, 0.4) is 0 Å². The third-order valence-corrected chi connectivity index (χ3v) is 5.71. The van der Waals surface area contributed by atoms with Crippen molar-refractivity contribution in [3.63, 3.8) is 0 Å². The van der Waals surface area contributed by atoms with E-state index >= 15 is 0 Å². The van der Waals surface area contributed by atoms with Crippen LogP contribution in [-0.4, -0.2) is 51.0 Å². The minimum atomic E-state index is -0.119. The Morgan fingerprint density at radius 1 is 1.10 bits per heavy atom. The van der Waals surface area contributed by atoms with Crippen LogP contribution in [0.2, 0.25) is 0 Å². The molecule has 152 valence electrons. The fraction of sp³-hybridized carbons (Fsp3) is 0.318. The Morgan fingerprint density at radius 3 is 2.41 bits per heavy atom. The number of methoxy groups -OCH3 is 1. The summed E-state index contributed by atoms with van der Waals surface area (Å²) in [7, 11) is 5.80. The molecule has 0 atom stereocenters. The van der Waals surface area contributed by atoms with Gasteiger partial charge in [0.25, 0.3) is 5.91 Å². The van der Waals surface area contributed by atoms with Gasteiger partial charge in [0.2, 0.25) is 0 Å². The number of amides is 1. The summed E-state index contributed by atoms with van der Waals surface area (Å²) in [4.78, 5) is 32.6. The maximum atomic E-state index is 13.3. The molecule has 29 heavy (non-hydrogen) atoms. The number of nitrogens with zero attached hydrogens (tertiary/aromatic N) is 2. The zero-order valence-corrected chi connectivity index (χ0v) is 18.0. The van der Waals surface area contributed by atoms with Crippen LogP contribution in [0.1, 0.15) is 34.1 Å². The van der Waals surface area contributed by atoms with Gasteiger partial charge in [0.15, 0.2) is 10.9 Å². The second-order valence-electron chi connectivity index (χ2n) is 7.20. The molecular weight excluding hydrogens is 386 g/mol. The number of ether oxygens (including phenoxy) is 1. The number of thiazole rings is 1. The highest BCUT2D eigenvalue weighted by Gasteiger charge is 2.22. The number of benzene rings is 2. The largest absolute Gasteiger partial charge is 0.494 e. The van der Waals surface area contributed by atoms with Crippen LogP contribution in [0.15, 0.2) is 42.5 Å². The minimum absolute atomic E-state index is 0.0203. The van der Waals surface area contributed by atoms with Gasteiger partial charge in [-0.15, -0.1) is 0 Å². The van der Waals surface area contributed by atoms with Gasteiger partial charge >= 0.3 is 0 Å².